The molecule has 0 bridgehead atoms. The molecule has 1 aromatic carbocycles. The van der Waals surface area contributed by atoms with Gasteiger partial charge in [-0.05, 0) is 37.6 Å². The molecule has 0 aliphatic heterocycles. The van der Waals surface area contributed by atoms with Gasteiger partial charge in [-0.15, -0.1) is 0 Å². The van der Waals surface area contributed by atoms with Crippen molar-refractivity contribution in [2.75, 3.05) is 19.0 Å². The van der Waals surface area contributed by atoms with Gasteiger partial charge in [0.2, 0.25) is 0 Å². The Balaban J connectivity index is 2.48. The maximum Gasteiger partial charge on any atom is 0.162 e. The first-order chi connectivity index (χ1) is 9.63. The molecule has 4 nitrogen and oxygen atoms in total. The number of methoxy groups -OCH3 is 1. The minimum atomic E-state index is 0.476. The standard InChI is InChI=1S/C15H18BrN3O/c1-4-17-14-8-12(9-20-3)18-15(19-14)13-6-5-11(16)7-10(13)2/h5-8H,4,9H2,1-3H3,(H,17,18,19). The zero-order valence-corrected chi connectivity index (χ0v) is 13.5. The summed E-state index contributed by atoms with van der Waals surface area (Å²) in [7, 11) is 1.67. The molecule has 0 amide bonds. The summed E-state index contributed by atoms with van der Waals surface area (Å²) in [6.45, 7) is 5.40. The first-order valence-electron chi connectivity index (χ1n) is 6.51. The van der Waals surface area contributed by atoms with Gasteiger partial charge in [-0.2, -0.15) is 0 Å². The van der Waals surface area contributed by atoms with Crippen LogP contribution in [0.2, 0.25) is 0 Å². The average Bonchev–Trinajstić information content (AvgIpc) is 2.39. The molecule has 20 heavy (non-hydrogen) atoms. The van der Waals surface area contributed by atoms with Crippen LogP contribution in [0.4, 0.5) is 5.82 Å². The van der Waals surface area contributed by atoms with Gasteiger partial charge in [0, 0.05) is 29.8 Å². The van der Waals surface area contributed by atoms with Crippen molar-refractivity contribution in [3.05, 3.63) is 40.0 Å². The molecule has 2 aromatic rings. The smallest absolute Gasteiger partial charge is 0.162 e. The predicted octanol–water partition coefficient (Wildman–Crippen LogP) is 3.79. The average molecular weight is 336 g/mol. The van der Waals surface area contributed by atoms with Crippen LogP contribution in [-0.2, 0) is 11.3 Å². The first kappa shape index (κ1) is 14.9. The SMILES string of the molecule is CCNc1cc(COC)nc(-c2ccc(Br)cc2C)n1. The Morgan fingerprint density at radius 1 is 1.25 bits per heavy atom. The minimum Gasteiger partial charge on any atom is -0.378 e. The van der Waals surface area contributed by atoms with Crippen LogP contribution in [0.25, 0.3) is 11.4 Å². The number of rotatable bonds is 5. The van der Waals surface area contributed by atoms with Crippen molar-refractivity contribution < 1.29 is 4.74 Å². The van der Waals surface area contributed by atoms with E-state index >= 15 is 0 Å². The van der Waals surface area contributed by atoms with Gasteiger partial charge in [0.1, 0.15) is 5.82 Å². The van der Waals surface area contributed by atoms with Gasteiger partial charge >= 0.3 is 0 Å². The van der Waals surface area contributed by atoms with Crippen molar-refractivity contribution in [2.45, 2.75) is 20.5 Å². The number of halogens is 1. The number of hydrogen-bond donors (Lipinski definition) is 1. The van der Waals surface area contributed by atoms with E-state index in [2.05, 4.69) is 44.2 Å². The monoisotopic (exact) mass is 335 g/mol. The Morgan fingerprint density at radius 3 is 2.70 bits per heavy atom. The van der Waals surface area contributed by atoms with Crippen LogP contribution < -0.4 is 5.32 Å². The topological polar surface area (TPSA) is 47.0 Å². The van der Waals surface area contributed by atoms with Crippen LogP contribution in [0, 0.1) is 6.92 Å². The Bertz CT molecular complexity index is 577. The third-order valence-electron chi connectivity index (χ3n) is 2.86. The summed E-state index contributed by atoms with van der Waals surface area (Å²) in [5, 5.41) is 3.23. The van der Waals surface area contributed by atoms with Crippen molar-refractivity contribution in [1.29, 1.82) is 0 Å². The maximum absolute atomic E-state index is 5.18. The fourth-order valence-corrected chi connectivity index (χ4v) is 2.46. The summed E-state index contributed by atoms with van der Waals surface area (Å²) in [4.78, 5) is 9.15. The highest BCUT2D eigenvalue weighted by Crippen LogP contribution is 2.25. The van der Waals surface area contributed by atoms with Crippen molar-refractivity contribution in [2.24, 2.45) is 0 Å². The van der Waals surface area contributed by atoms with Crippen LogP contribution in [0.1, 0.15) is 18.2 Å². The number of hydrogen-bond acceptors (Lipinski definition) is 4. The number of ether oxygens (including phenoxy) is 1. The van der Waals surface area contributed by atoms with Crippen molar-refractivity contribution in [3.63, 3.8) is 0 Å². The number of nitrogens with one attached hydrogen (secondary N) is 1. The molecular formula is C15H18BrN3O. The minimum absolute atomic E-state index is 0.476. The number of benzene rings is 1. The molecular weight excluding hydrogens is 318 g/mol. The molecule has 2 rings (SSSR count). The van der Waals surface area contributed by atoms with E-state index in [0.29, 0.717) is 6.61 Å². The van der Waals surface area contributed by atoms with Crippen molar-refractivity contribution in [3.8, 4) is 11.4 Å². The summed E-state index contributed by atoms with van der Waals surface area (Å²) in [6, 6.07) is 8.02. The molecule has 0 radical (unpaired) electrons. The molecule has 0 unspecified atom stereocenters. The van der Waals surface area contributed by atoms with Gasteiger partial charge in [-0.3, -0.25) is 0 Å². The summed E-state index contributed by atoms with van der Waals surface area (Å²) in [5.41, 5.74) is 3.04. The molecule has 1 N–H and O–H groups in total. The lowest BCUT2D eigenvalue weighted by atomic mass is 10.1. The van der Waals surface area contributed by atoms with Crippen LogP contribution >= 0.6 is 15.9 Å². The fourth-order valence-electron chi connectivity index (χ4n) is 1.99. The lowest BCUT2D eigenvalue weighted by Crippen LogP contribution is -2.05. The van der Waals surface area contributed by atoms with Gasteiger partial charge in [-0.25, -0.2) is 9.97 Å². The second kappa shape index (κ2) is 6.81. The zero-order chi connectivity index (χ0) is 14.5. The third kappa shape index (κ3) is 3.55. The number of aryl methyl sites for hydroxylation is 1. The molecule has 1 aromatic heterocycles. The second-order valence-electron chi connectivity index (χ2n) is 4.49. The maximum atomic E-state index is 5.18. The first-order valence-corrected chi connectivity index (χ1v) is 7.30. The number of nitrogens with zero attached hydrogens (tertiary/aromatic N) is 2. The van der Waals surface area contributed by atoms with Crippen LogP contribution in [0.3, 0.4) is 0 Å². The van der Waals surface area contributed by atoms with Crippen molar-refractivity contribution in [1.82, 2.24) is 9.97 Å². The third-order valence-corrected chi connectivity index (χ3v) is 3.35. The Labute approximate surface area is 127 Å². The molecule has 1 heterocycles. The largest absolute Gasteiger partial charge is 0.378 e. The van der Waals surface area contributed by atoms with E-state index in [4.69, 9.17) is 4.74 Å². The molecule has 0 aliphatic carbocycles. The summed E-state index contributed by atoms with van der Waals surface area (Å²) in [6.07, 6.45) is 0. The van der Waals surface area contributed by atoms with E-state index < -0.39 is 0 Å². The van der Waals surface area contributed by atoms with Crippen LogP contribution in [-0.4, -0.2) is 23.6 Å². The van der Waals surface area contributed by atoms with Gasteiger partial charge in [-0.1, -0.05) is 15.9 Å². The number of aromatic nitrogens is 2. The van der Waals surface area contributed by atoms with E-state index in [-0.39, 0.29) is 0 Å². The van der Waals surface area contributed by atoms with E-state index in [1.165, 1.54) is 0 Å². The number of anilines is 1. The summed E-state index contributed by atoms with van der Waals surface area (Å²) >= 11 is 3.47. The predicted molar refractivity (Wildman–Crippen MR) is 84.8 cm³/mol. The normalized spacial score (nSPS) is 10.6. The lowest BCUT2D eigenvalue weighted by molar-refractivity contribution is 0.181. The summed E-state index contributed by atoms with van der Waals surface area (Å²) < 4.78 is 6.23. The molecule has 106 valence electrons. The highest BCUT2D eigenvalue weighted by atomic mass is 79.9. The zero-order valence-electron chi connectivity index (χ0n) is 11.9. The highest BCUT2D eigenvalue weighted by molar-refractivity contribution is 9.10. The molecule has 0 aliphatic rings. The molecule has 5 heteroatoms. The Hall–Kier alpha value is -1.46. The van der Waals surface area contributed by atoms with Crippen LogP contribution in [0.5, 0.6) is 0 Å². The Morgan fingerprint density at radius 2 is 2.05 bits per heavy atom. The molecule has 0 saturated carbocycles. The van der Waals surface area contributed by atoms with Crippen molar-refractivity contribution >= 4 is 21.7 Å². The van der Waals surface area contributed by atoms with E-state index in [0.717, 1.165) is 39.5 Å². The second-order valence-corrected chi connectivity index (χ2v) is 5.41. The van der Waals surface area contributed by atoms with Gasteiger partial charge in [0.05, 0.1) is 12.3 Å². The fraction of sp³-hybridized carbons (Fsp3) is 0.333. The Kier molecular flexibility index (Phi) is 5.09. The molecule has 0 atom stereocenters. The lowest BCUT2D eigenvalue weighted by Gasteiger charge is -2.10. The molecule has 0 spiro atoms. The summed E-state index contributed by atoms with van der Waals surface area (Å²) in [5.74, 6) is 1.55. The van der Waals surface area contributed by atoms with Gasteiger partial charge < -0.3 is 10.1 Å². The quantitative estimate of drug-likeness (QED) is 0.902. The van der Waals surface area contributed by atoms with Crippen LogP contribution in [0.15, 0.2) is 28.7 Å². The van der Waals surface area contributed by atoms with E-state index in [9.17, 15) is 0 Å². The van der Waals surface area contributed by atoms with E-state index in [1.807, 2.05) is 25.1 Å². The van der Waals surface area contributed by atoms with Gasteiger partial charge in [0.15, 0.2) is 5.82 Å². The molecule has 0 saturated heterocycles. The van der Waals surface area contributed by atoms with E-state index in [1.54, 1.807) is 7.11 Å². The van der Waals surface area contributed by atoms with Gasteiger partial charge in [0.25, 0.3) is 0 Å². The highest BCUT2D eigenvalue weighted by Gasteiger charge is 2.09. The molecule has 0 fully saturated rings.